The molecule has 0 radical (unpaired) electrons. The summed E-state index contributed by atoms with van der Waals surface area (Å²) < 4.78 is 5.15. The van der Waals surface area contributed by atoms with Gasteiger partial charge in [0.1, 0.15) is 5.75 Å². The molecule has 0 unspecified atom stereocenters. The Morgan fingerprint density at radius 2 is 2.24 bits per heavy atom. The van der Waals surface area contributed by atoms with Crippen molar-refractivity contribution in [2.24, 2.45) is 5.92 Å². The number of halogens is 1. The topological polar surface area (TPSA) is 41.6 Å². The van der Waals surface area contributed by atoms with Crippen LogP contribution < -0.4 is 10.1 Å². The van der Waals surface area contributed by atoms with Gasteiger partial charge in [-0.25, -0.2) is 0 Å². The summed E-state index contributed by atoms with van der Waals surface area (Å²) in [4.78, 5) is 16.4. The van der Waals surface area contributed by atoms with Crippen molar-refractivity contribution in [2.75, 3.05) is 25.5 Å². The maximum atomic E-state index is 12.6. The first-order valence-corrected chi connectivity index (χ1v) is 9.85. The van der Waals surface area contributed by atoms with Crippen molar-refractivity contribution < 1.29 is 9.53 Å². The van der Waals surface area contributed by atoms with Gasteiger partial charge in [0.25, 0.3) is 0 Å². The molecule has 1 atom stereocenters. The number of rotatable bonds is 5. The molecule has 1 aromatic carbocycles. The minimum absolute atomic E-state index is 0.00515. The second kappa shape index (κ2) is 6.98. The van der Waals surface area contributed by atoms with Crippen LogP contribution in [0.4, 0.5) is 5.69 Å². The number of fused-ring (bicyclic) bond motifs is 1. The minimum Gasteiger partial charge on any atom is -0.495 e. The molecule has 25 heavy (non-hydrogen) atoms. The van der Waals surface area contributed by atoms with Crippen molar-refractivity contribution >= 4 is 34.5 Å². The number of thiophene rings is 1. The van der Waals surface area contributed by atoms with Gasteiger partial charge >= 0.3 is 0 Å². The van der Waals surface area contributed by atoms with Crippen LogP contribution in [0.2, 0.25) is 5.02 Å². The number of ether oxygens (including phenoxy) is 1. The number of amides is 1. The van der Waals surface area contributed by atoms with E-state index in [2.05, 4.69) is 21.7 Å². The summed E-state index contributed by atoms with van der Waals surface area (Å²) in [6.07, 6.45) is 3.58. The molecule has 2 aromatic rings. The fourth-order valence-corrected chi connectivity index (χ4v) is 4.84. The van der Waals surface area contributed by atoms with Crippen LogP contribution in [0.3, 0.4) is 0 Å². The summed E-state index contributed by atoms with van der Waals surface area (Å²) >= 11 is 7.99. The molecule has 4 nitrogen and oxygen atoms in total. The van der Waals surface area contributed by atoms with Crippen LogP contribution in [0.25, 0.3) is 0 Å². The number of nitrogens with one attached hydrogen (secondary N) is 1. The third-order valence-corrected chi connectivity index (χ3v) is 6.26. The summed E-state index contributed by atoms with van der Waals surface area (Å²) in [6.45, 7) is 1.37. The lowest BCUT2D eigenvalue weighted by molar-refractivity contribution is -0.118. The molecule has 2 aliphatic rings. The molecular formula is C19H21ClN2O2S. The lowest BCUT2D eigenvalue weighted by atomic mass is 9.96. The predicted molar refractivity (Wildman–Crippen MR) is 102 cm³/mol. The summed E-state index contributed by atoms with van der Waals surface area (Å²) in [5.74, 6) is 1.32. The average molecular weight is 377 g/mol. The maximum absolute atomic E-state index is 12.6. The second-order valence-electron chi connectivity index (χ2n) is 6.70. The minimum atomic E-state index is 0.00515. The SMILES string of the molecule is COc1ccc(NC(=O)CN2CCc3sccc3[C@@H]2C2CC2)cc1Cl. The second-order valence-corrected chi connectivity index (χ2v) is 8.11. The number of carbonyl (C=O) groups excluding carboxylic acids is 1. The third kappa shape index (κ3) is 3.54. The monoisotopic (exact) mass is 376 g/mol. The van der Waals surface area contributed by atoms with Crippen LogP contribution in [0.1, 0.15) is 29.3 Å². The molecule has 1 amide bonds. The van der Waals surface area contributed by atoms with Gasteiger partial charge in [-0.1, -0.05) is 11.6 Å². The van der Waals surface area contributed by atoms with Crippen LogP contribution in [0.5, 0.6) is 5.75 Å². The number of hydrogen-bond acceptors (Lipinski definition) is 4. The summed E-state index contributed by atoms with van der Waals surface area (Å²) in [5, 5.41) is 5.64. The Bertz CT molecular complexity index is 787. The van der Waals surface area contributed by atoms with E-state index in [-0.39, 0.29) is 5.91 Å². The normalized spacial score (nSPS) is 20.2. The van der Waals surface area contributed by atoms with Crippen LogP contribution in [0, 0.1) is 5.92 Å². The number of benzene rings is 1. The Labute approximate surface area is 156 Å². The molecule has 1 fully saturated rings. The molecule has 1 aromatic heterocycles. The number of methoxy groups -OCH3 is 1. The number of carbonyl (C=O) groups is 1. The predicted octanol–water partition coefficient (Wildman–Crippen LogP) is 4.36. The molecule has 132 valence electrons. The van der Waals surface area contributed by atoms with E-state index >= 15 is 0 Å². The molecule has 1 aliphatic carbocycles. The largest absolute Gasteiger partial charge is 0.495 e. The van der Waals surface area contributed by atoms with E-state index in [1.165, 1.54) is 23.3 Å². The van der Waals surface area contributed by atoms with Gasteiger partial charge < -0.3 is 10.1 Å². The summed E-state index contributed by atoms with van der Waals surface area (Å²) in [5.41, 5.74) is 2.14. The Balaban J connectivity index is 1.44. The van der Waals surface area contributed by atoms with E-state index in [1.807, 2.05) is 17.4 Å². The van der Waals surface area contributed by atoms with Crippen molar-refractivity contribution in [2.45, 2.75) is 25.3 Å². The Hall–Kier alpha value is -1.56. The van der Waals surface area contributed by atoms with Gasteiger partial charge in [0, 0.05) is 23.2 Å². The first-order valence-electron chi connectivity index (χ1n) is 8.59. The van der Waals surface area contributed by atoms with Gasteiger partial charge in [0.2, 0.25) is 5.91 Å². The molecule has 4 rings (SSSR count). The number of hydrogen-bond donors (Lipinski definition) is 1. The van der Waals surface area contributed by atoms with E-state index in [0.717, 1.165) is 13.0 Å². The molecule has 0 spiro atoms. The highest BCUT2D eigenvalue weighted by Crippen LogP contribution is 2.48. The van der Waals surface area contributed by atoms with E-state index in [9.17, 15) is 4.79 Å². The average Bonchev–Trinajstić information content (AvgIpc) is 3.31. The first-order chi connectivity index (χ1) is 12.2. The molecule has 1 aliphatic heterocycles. The molecule has 0 saturated heterocycles. The highest BCUT2D eigenvalue weighted by molar-refractivity contribution is 7.10. The van der Waals surface area contributed by atoms with Crippen LogP contribution >= 0.6 is 22.9 Å². The third-order valence-electron chi connectivity index (χ3n) is 4.97. The summed E-state index contributed by atoms with van der Waals surface area (Å²) in [6, 6.07) is 7.96. The van der Waals surface area contributed by atoms with Crippen molar-refractivity contribution in [3.8, 4) is 5.75 Å². The zero-order chi connectivity index (χ0) is 17.4. The van der Waals surface area contributed by atoms with E-state index in [0.29, 0.717) is 35.0 Å². The Morgan fingerprint density at radius 1 is 1.40 bits per heavy atom. The zero-order valence-electron chi connectivity index (χ0n) is 14.1. The van der Waals surface area contributed by atoms with Crippen LogP contribution in [0.15, 0.2) is 29.6 Å². The van der Waals surface area contributed by atoms with E-state index < -0.39 is 0 Å². The quantitative estimate of drug-likeness (QED) is 0.843. The van der Waals surface area contributed by atoms with E-state index in [1.54, 1.807) is 19.2 Å². The molecular weight excluding hydrogens is 356 g/mol. The smallest absolute Gasteiger partial charge is 0.238 e. The summed E-state index contributed by atoms with van der Waals surface area (Å²) in [7, 11) is 1.58. The van der Waals surface area contributed by atoms with Gasteiger partial charge in [-0.2, -0.15) is 0 Å². The van der Waals surface area contributed by atoms with Gasteiger partial charge in [-0.05, 0) is 60.4 Å². The Morgan fingerprint density at radius 3 is 2.96 bits per heavy atom. The molecule has 0 bridgehead atoms. The van der Waals surface area contributed by atoms with Crippen LogP contribution in [-0.2, 0) is 11.2 Å². The van der Waals surface area contributed by atoms with Crippen molar-refractivity contribution in [3.05, 3.63) is 45.1 Å². The zero-order valence-corrected chi connectivity index (χ0v) is 15.7. The van der Waals surface area contributed by atoms with Gasteiger partial charge in [0.05, 0.1) is 18.7 Å². The van der Waals surface area contributed by atoms with Gasteiger partial charge in [-0.3, -0.25) is 9.69 Å². The van der Waals surface area contributed by atoms with Crippen LogP contribution in [-0.4, -0.2) is 31.0 Å². The van der Waals surface area contributed by atoms with E-state index in [4.69, 9.17) is 16.3 Å². The van der Waals surface area contributed by atoms with Crippen molar-refractivity contribution in [1.29, 1.82) is 0 Å². The fraction of sp³-hybridized carbons (Fsp3) is 0.421. The highest BCUT2D eigenvalue weighted by Gasteiger charge is 2.40. The standard InChI is InChI=1S/C19H21ClN2O2S/c1-24-16-5-4-13(10-15(16)20)21-18(23)11-22-8-6-17-14(7-9-25-17)19(22)12-2-3-12/h4-5,7,9-10,12,19H,2-3,6,8,11H2,1H3,(H,21,23)/t19-/m0/s1. The first kappa shape index (κ1) is 16.9. The lowest BCUT2D eigenvalue weighted by Crippen LogP contribution is -2.41. The number of nitrogens with zero attached hydrogens (tertiary/aromatic N) is 1. The fourth-order valence-electron chi connectivity index (χ4n) is 3.67. The van der Waals surface area contributed by atoms with Crippen molar-refractivity contribution in [3.63, 3.8) is 0 Å². The lowest BCUT2D eigenvalue weighted by Gasteiger charge is -2.35. The maximum Gasteiger partial charge on any atom is 0.238 e. The molecule has 2 heterocycles. The molecule has 1 saturated carbocycles. The number of anilines is 1. The van der Waals surface area contributed by atoms with Gasteiger partial charge in [0.15, 0.2) is 0 Å². The molecule has 6 heteroatoms. The highest BCUT2D eigenvalue weighted by atomic mass is 35.5. The van der Waals surface area contributed by atoms with Gasteiger partial charge in [-0.15, -0.1) is 11.3 Å². The van der Waals surface area contributed by atoms with Crippen molar-refractivity contribution in [1.82, 2.24) is 4.90 Å². The Kier molecular flexibility index (Phi) is 4.71. The molecule has 1 N–H and O–H groups in total.